The topological polar surface area (TPSA) is 58.9 Å². The second-order valence-corrected chi connectivity index (χ2v) is 11.9. The summed E-state index contributed by atoms with van der Waals surface area (Å²) in [5, 5.41) is 20.2. The zero-order valence-electron chi connectivity index (χ0n) is 25.0. The highest BCUT2D eigenvalue weighted by Gasteiger charge is 2.44. The number of fused-ring (bicyclic) bond motifs is 1. The molecule has 4 atom stereocenters. The molecule has 0 radical (unpaired) electrons. The number of phenols is 2. The quantitative estimate of drug-likeness (QED) is 0.207. The van der Waals surface area contributed by atoms with E-state index in [-0.39, 0.29) is 16.9 Å². The van der Waals surface area contributed by atoms with Crippen LogP contribution >= 0.6 is 0 Å². The summed E-state index contributed by atoms with van der Waals surface area (Å²) >= 11 is 0. The Balaban J connectivity index is 1.97. The molecule has 4 heteroatoms. The summed E-state index contributed by atoms with van der Waals surface area (Å²) in [5.41, 5.74) is 3.76. The second-order valence-electron chi connectivity index (χ2n) is 11.9. The van der Waals surface area contributed by atoms with Crippen LogP contribution < -0.4 is 9.47 Å². The van der Waals surface area contributed by atoms with Crippen LogP contribution in [-0.2, 0) is 0 Å². The first-order valence-electron chi connectivity index (χ1n) is 14.1. The van der Waals surface area contributed by atoms with Gasteiger partial charge in [-0.3, -0.25) is 0 Å². The third kappa shape index (κ3) is 7.71. The molecular formula is C36H46O4. The third-order valence-electron chi connectivity index (χ3n) is 7.79. The van der Waals surface area contributed by atoms with E-state index in [4.69, 9.17) is 9.47 Å². The molecule has 0 aromatic heterocycles. The zero-order valence-corrected chi connectivity index (χ0v) is 25.0. The van der Waals surface area contributed by atoms with E-state index in [9.17, 15) is 10.2 Å². The molecule has 1 aliphatic heterocycles. The number of aromatic hydroxyl groups is 2. The van der Waals surface area contributed by atoms with Gasteiger partial charge in [0.1, 0.15) is 6.10 Å². The smallest absolute Gasteiger partial charge is 0.162 e. The fraction of sp³-hybridized carbons (Fsp3) is 0.389. The molecule has 0 saturated carbocycles. The van der Waals surface area contributed by atoms with Gasteiger partial charge in [-0.05, 0) is 83.2 Å². The molecule has 0 spiro atoms. The van der Waals surface area contributed by atoms with E-state index in [1.807, 2.05) is 30.4 Å². The Morgan fingerprint density at radius 3 is 2.10 bits per heavy atom. The van der Waals surface area contributed by atoms with Crippen molar-refractivity contribution < 1.29 is 19.7 Å². The Hall–Kier alpha value is -3.66. The average molecular weight is 543 g/mol. The molecule has 40 heavy (non-hydrogen) atoms. The molecule has 4 nitrogen and oxygen atoms in total. The van der Waals surface area contributed by atoms with Gasteiger partial charge in [-0.1, -0.05) is 73.6 Å². The Morgan fingerprint density at radius 1 is 0.825 bits per heavy atom. The summed E-state index contributed by atoms with van der Waals surface area (Å²) in [6, 6.07) is 10.8. The van der Waals surface area contributed by atoms with Gasteiger partial charge in [0.25, 0.3) is 0 Å². The lowest BCUT2D eigenvalue weighted by Crippen LogP contribution is -2.44. The van der Waals surface area contributed by atoms with Crippen LogP contribution in [0.5, 0.6) is 23.0 Å². The predicted molar refractivity (Wildman–Crippen MR) is 167 cm³/mol. The maximum Gasteiger partial charge on any atom is 0.162 e. The number of hydrogen-bond acceptors (Lipinski definition) is 4. The Morgan fingerprint density at radius 2 is 1.50 bits per heavy atom. The number of ether oxygens (including phenoxy) is 2. The van der Waals surface area contributed by atoms with Crippen molar-refractivity contribution in [3.8, 4) is 23.0 Å². The van der Waals surface area contributed by atoms with Gasteiger partial charge in [0.05, 0.1) is 0 Å². The molecule has 214 valence electrons. The summed E-state index contributed by atoms with van der Waals surface area (Å²) < 4.78 is 13.3. The van der Waals surface area contributed by atoms with Crippen LogP contribution in [0.1, 0.15) is 84.5 Å². The lowest BCUT2D eigenvalue weighted by molar-refractivity contribution is -0.0392. The van der Waals surface area contributed by atoms with Crippen molar-refractivity contribution in [3.05, 3.63) is 102 Å². The summed E-state index contributed by atoms with van der Waals surface area (Å²) in [4.78, 5) is 0. The minimum atomic E-state index is -0.518. The number of allylic oxidation sites excluding steroid dienone is 6. The Bertz CT molecular complexity index is 1290. The van der Waals surface area contributed by atoms with Gasteiger partial charge in [0.2, 0.25) is 0 Å². The van der Waals surface area contributed by atoms with Crippen molar-refractivity contribution in [2.45, 2.75) is 79.4 Å². The van der Waals surface area contributed by atoms with Gasteiger partial charge in [-0.25, -0.2) is 0 Å². The third-order valence-corrected chi connectivity index (χ3v) is 7.79. The normalized spacial score (nSPS) is 19.2. The van der Waals surface area contributed by atoms with E-state index >= 15 is 0 Å². The van der Waals surface area contributed by atoms with E-state index in [1.54, 1.807) is 12.1 Å². The van der Waals surface area contributed by atoms with E-state index in [1.165, 1.54) is 17.2 Å². The van der Waals surface area contributed by atoms with Crippen molar-refractivity contribution in [1.82, 2.24) is 0 Å². The molecule has 3 rings (SSSR count). The lowest BCUT2D eigenvalue weighted by atomic mass is 9.75. The van der Waals surface area contributed by atoms with Gasteiger partial charge >= 0.3 is 0 Å². The van der Waals surface area contributed by atoms with Crippen molar-refractivity contribution >= 4 is 6.08 Å². The molecule has 0 amide bonds. The van der Waals surface area contributed by atoms with Crippen LogP contribution in [0.15, 0.2) is 91.1 Å². The maximum absolute atomic E-state index is 10.3. The Kier molecular flexibility index (Phi) is 10.1. The van der Waals surface area contributed by atoms with Gasteiger partial charge < -0.3 is 19.7 Å². The van der Waals surface area contributed by atoms with E-state index in [0.29, 0.717) is 11.5 Å². The molecule has 1 aliphatic rings. The first kappa shape index (κ1) is 30.9. The standard InChI is InChI=1S/C36H46O4/c1-9-35(7,20-11-13-25(3)4)22-19-27-15-18-31-32(23-27)39-33(28-16-17-29(37)30(38)24-28)34(40-31)36(8,10-2)21-12-14-26(5)6/h9-10,13-19,22-24,33-34,37-38H,1-2,11-12,20-21H2,3-8H3/b22-19+/t33-,34+,35-,36-/m1/s1. The van der Waals surface area contributed by atoms with Crippen LogP contribution in [0, 0.1) is 10.8 Å². The lowest BCUT2D eigenvalue weighted by Gasteiger charge is -2.43. The fourth-order valence-corrected chi connectivity index (χ4v) is 4.90. The van der Waals surface area contributed by atoms with E-state index in [2.05, 4.69) is 79.0 Å². The molecule has 1 heterocycles. The monoisotopic (exact) mass is 542 g/mol. The van der Waals surface area contributed by atoms with Crippen molar-refractivity contribution in [2.75, 3.05) is 0 Å². The first-order valence-corrected chi connectivity index (χ1v) is 14.1. The van der Waals surface area contributed by atoms with Crippen LogP contribution in [0.3, 0.4) is 0 Å². The first-order chi connectivity index (χ1) is 18.9. The molecule has 0 fully saturated rings. The highest BCUT2D eigenvalue weighted by molar-refractivity contribution is 5.57. The average Bonchev–Trinajstić information content (AvgIpc) is 2.92. The number of benzene rings is 2. The highest BCUT2D eigenvalue weighted by atomic mass is 16.6. The molecule has 0 saturated heterocycles. The van der Waals surface area contributed by atoms with Crippen LogP contribution in [0.25, 0.3) is 6.08 Å². The molecule has 2 N–H and O–H groups in total. The van der Waals surface area contributed by atoms with E-state index < -0.39 is 17.6 Å². The molecule has 0 unspecified atom stereocenters. The summed E-state index contributed by atoms with van der Waals surface area (Å²) in [6.07, 6.45) is 15.5. The predicted octanol–water partition coefficient (Wildman–Crippen LogP) is 9.87. The molecule has 0 aliphatic carbocycles. The van der Waals surface area contributed by atoms with Crippen LogP contribution in [-0.4, -0.2) is 16.3 Å². The highest BCUT2D eigenvalue weighted by Crippen LogP contribution is 2.48. The van der Waals surface area contributed by atoms with Crippen LogP contribution in [0.4, 0.5) is 0 Å². The second kappa shape index (κ2) is 13.1. The van der Waals surface area contributed by atoms with Crippen molar-refractivity contribution in [3.63, 3.8) is 0 Å². The summed E-state index contributed by atoms with van der Waals surface area (Å²) in [5.74, 6) is 0.946. The molecule has 2 aromatic rings. The van der Waals surface area contributed by atoms with Gasteiger partial charge in [0, 0.05) is 16.4 Å². The van der Waals surface area contributed by atoms with E-state index in [0.717, 1.165) is 36.8 Å². The van der Waals surface area contributed by atoms with Crippen molar-refractivity contribution in [2.24, 2.45) is 10.8 Å². The van der Waals surface area contributed by atoms with Crippen molar-refractivity contribution in [1.29, 1.82) is 0 Å². The minimum absolute atomic E-state index is 0.131. The summed E-state index contributed by atoms with van der Waals surface area (Å²) in [7, 11) is 0. The van der Waals surface area contributed by atoms with Gasteiger partial charge in [0.15, 0.2) is 29.1 Å². The molecule has 0 bridgehead atoms. The number of hydrogen-bond donors (Lipinski definition) is 2. The molecule has 2 aromatic carbocycles. The summed E-state index contributed by atoms with van der Waals surface area (Å²) in [6.45, 7) is 21.0. The van der Waals surface area contributed by atoms with Gasteiger partial charge in [-0.2, -0.15) is 0 Å². The SMILES string of the molecule is C=C[C@@](C)(/C=C/c1ccc2c(c1)O[C@H](c1ccc(O)c(O)c1)[C@@H]([C@](C)(C=C)CCC=C(C)C)O2)CCC=C(C)C. The number of phenolic OH excluding ortho intramolecular Hbond substituents is 2. The molecular weight excluding hydrogens is 496 g/mol. The minimum Gasteiger partial charge on any atom is -0.504 e. The largest absolute Gasteiger partial charge is 0.504 e. The maximum atomic E-state index is 10.3. The number of rotatable bonds is 12. The Labute approximate surface area is 241 Å². The zero-order chi connectivity index (χ0) is 29.5. The van der Waals surface area contributed by atoms with Crippen LogP contribution in [0.2, 0.25) is 0 Å². The van der Waals surface area contributed by atoms with Gasteiger partial charge in [-0.15, -0.1) is 13.2 Å². The fourth-order valence-electron chi connectivity index (χ4n) is 4.90.